The van der Waals surface area contributed by atoms with Crippen molar-refractivity contribution in [2.45, 2.75) is 6.42 Å². The van der Waals surface area contributed by atoms with E-state index in [0.717, 1.165) is 41.1 Å². The quantitative estimate of drug-likeness (QED) is 0.707. The second-order valence-corrected chi connectivity index (χ2v) is 5.60. The first-order valence-corrected chi connectivity index (χ1v) is 7.56. The topological polar surface area (TPSA) is 41.1 Å². The van der Waals surface area contributed by atoms with Gasteiger partial charge in [-0.3, -0.25) is 0 Å². The van der Waals surface area contributed by atoms with Gasteiger partial charge in [0.2, 0.25) is 0 Å². The lowest BCUT2D eigenvalue weighted by atomic mass is 10.2. The Kier molecular flexibility index (Phi) is 4.39. The standard InChI is InChI=1S/C18H21N3O/c1-21(2)12-7-13-22-17-11-6-3-8-14(17)18-19-15-9-4-5-10-16(15)20-18/h3-6,8-11H,7,12-13H2,1-2H3,(H,19,20). The number of fused-ring (bicyclic) bond motifs is 1. The van der Waals surface area contributed by atoms with Gasteiger partial charge in [-0.1, -0.05) is 24.3 Å². The molecule has 0 saturated carbocycles. The molecule has 0 unspecified atom stereocenters. The van der Waals surface area contributed by atoms with E-state index >= 15 is 0 Å². The van der Waals surface area contributed by atoms with E-state index in [4.69, 9.17) is 4.74 Å². The van der Waals surface area contributed by atoms with Crippen LogP contribution in [0.5, 0.6) is 5.75 Å². The van der Waals surface area contributed by atoms with Crippen molar-refractivity contribution in [3.63, 3.8) is 0 Å². The van der Waals surface area contributed by atoms with E-state index in [1.54, 1.807) is 0 Å². The predicted molar refractivity (Wildman–Crippen MR) is 90.2 cm³/mol. The molecular formula is C18H21N3O. The highest BCUT2D eigenvalue weighted by atomic mass is 16.5. The molecule has 0 saturated heterocycles. The molecule has 114 valence electrons. The molecule has 4 nitrogen and oxygen atoms in total. The van der Waals surface area contributed by atoms with Gasteiger partial charge in [0.25, 0.3) is 0 Å². The Bertz CT molecular complexity index is 716. The van der Waals surface area contributed by atoms with Gasteiger partial charge in [-0.05, 0) is 44.8 Å². The van der Waals surface area contributed by atoms with Crippen LogP contribution in [0, 0.1) is 0 Å². The molecule has 2 aromatic carbocycles. The smallest absolute Gasteiger partial charge is 0.142 e. The van der Waals surface area contributed by atoms with Crippen LogP contribution in [0.3, 0.4) is 0 Å². The van der Waals surface area contributed by atoms with E-state index in [-0.39, 0.29) is 0 Å². The highest BCUT2D eigenvalue weighted by molar-refractivity contribution is 5.80. The van der Waals surface area contributed by atoms with Gasteiger partial charge in [0, 0.05) is 6.54 Å². The molecule has 22 heavy (non-hydrogen) atoms. The van der Waals surface area contributed by atoms with E-state index in [1.165, 1.54) is 0 Å². The molecule has 0 bridgehead atoms. The largest absolute Gasteiger partial charge is 0.493 e. The van der Waals surface area contributed by atoms with Gasteiger partial charge in [-0.2, -0.15) is 0 Å². The first-order chi connectivity index (χ1) is 10.7. The number of aromatic amines is 1. The molecule has 0 aliphatic carbocycles. The second-order valence-electron chi connectivity index (χ2n) is 5.60. The summed E-state index contributed by atoms with van der Waals surface area (Å²) in [6.07, 6.45) is 1.00. The van der Waals surface area contributed by atoms with Crippen molar-refractivity contribution in [1.82, 2.24) is 14.9 Å². The molecule has 1 heterocycles. The summed E-state index contributed by atoms with van der Waals surface area (Å²) in [5, 5.41) is 0. The SMILES string of the molecule is CN(C)CCCOc1ccccc1-c1nc2ccccc2[nH]1. The number of nitrogens with zero attached hydrogens (tertiary/aromatic N) is 2. The number of ether oxygens (including phenoxy) is 1. The van der Waals surface area contributed by atoms with Gasteiger partial charge in [0.15, 0.2) is 0 Å². The second kappa shape index (κ2) is 6.62. The molecule has 3 aromatic rings. The summed E-state index contributed by atoms with van der Waals surface area (Å²) in [4.78, 5) is 10.2. The van der Waals surface area contributed by atoms with Crippen LogP contribution in [0.4, 0.5) is 0 Å². The van der Waals surface area contributed by atoms with Crippen LogP contribution in [-0.4, -0.2) is 42.1 Å². The zero-order valence-corrected chi connectivity index (χ0v) is 13.0. The number of benzene rings is 2. The fourth-order valence-electron chi connectivity index (χ4n) is 2.43. The van der Waals surface area contributed by atoms with E-state index in [0.29, 0.717) is 6.61 Å². The van der Waals surface area contributed by atoms with Crippen molar-refractivity contribution in [1.29, 1.82) is 0 Å². The maximum atomic E-state index is 5.95. The Morgan fingerprint density at radius 3 is 2.64 bits per heavy atom. The third-order valence-electron chi connectivity index (χ3n) is 3.54. The lowest BCUT2D eigenvalue weighted by Crippen LogP contribution is -2.15. The predicted octanol–water partition coefficient (Wildman–Crippen LogP) is 3.56. The van der Waals surface area contributed by atoms with Crippen molar-refractivity contribution >= 4 is 11.0 Å². The van der Waals surface area contributed by atoms with Gasteiger partial charge in [-0.15, -0.1) is 0 Å². The molecule has 0 fully saturated rings. The van der Waals surface area contributed by atoms with Gasteiger partial charge < -0.3 is 14.6 Å². The molecule has 0 radical (unpaired) electrons. The Morgan fingerprint density at radius 1 is 1.05 bits per heavy atom. The van der Waals surface area contributed by atoms with Crippen molar-refractivity contribution in [3.05, 3.63) is 48.5 Å². The molecule has 1 aromatic heterocycles. The van der Waals surface area contributed by atoms with Crippen molar-refractivity contribution < 1.29 is 4.74 Å². The summed E-state index contributed by atoms with van der Waals surface area (Å²) in [6.45, 7) is 1.72. The molecule has 0 atom stereocenters. The molecule has 0 aliphatic rings. The van der Waals surface area contributed by atoms with E-state index in [2.05, 4.69) is 29.0 Å². The zero-order chi connectivity index (χ0) is 15.4. The molecule has 0 spiro atoms. The van der Waals surface area contributed by atoms with E-state index < -0.39 is 0 Å². The molecule has 3 rings (SSSR count). The van der Waals surface area contributed by atoms with Gasteiger partial charge in [0.1, 0.15) is 11.6 Å². The summed E-state index contributed by atoms with van der Waals surface area (Å²) in [6, 6.07) is 16.1. The molecule has 0 amide bonds. The minimum Gasteiger partial charge on any atom is -0.493 e. The maximum absolute atomic E-state index is 5.95. The number of para-hydroxylation sites is 3. The molecular weight excluding hydrogens is 274 g/mol. The van der Waals surface area contributed by atoms with Crippen molar-refractivity contribution in [2.24, 2.45) is 0 Å². The Morgan fingerprint density at radius 2 is 1.82 bits per heavy atom. The summed E-state index contributed by atoms with van der Waals surface area (Å²) < 4.78 is 5.95. The van der Waals surface area contributed by atoms with Crippen LogP contribution >= 0.6 is 0 Å². The number of nitrogens with one attached hydrogen (secondary N) is 1. The third-order valence-corrected chi connectivity index (χ3v) is 3.54. The number of hydrogen-bond donors (Lipinski definition) is 1. The highest BCUT2D eigenvalue weighted by Gasteiger charge is 2.10. The van der Waals surface area contributed by atoms with Gasteiger partial charge in [0.05, 0.1) is 23.2 Å². The highest BCUT2D eigenvalue weighted by Crippen LogP contribution is 2.29. The maximum Gasteiger partial charge on any atom is 0.142 e. The van der Waals surface area contributed by atoms with Crippen LogP contribution < -0.4 is 4.74 Å². The van der Waals surface area contributed by atoms with Gasteiger partial charge in [-0.25, -0.2) is 4.98 Å². The lowest BCUT2D eigenvalue weighted by Gasteiger charge is -2.12. The minimum absolute atomic E-state index is 0.704. The van der Waals surface area contributed by atoms with Crippen LogP contribution in [-0.2, 0) is 0 Å². The number of H-pyrrole nitrogens is 1. The lowest BCUT2D eigenvalue weighted by molar-refractivity contribution is 0.282. The number of aromatic nitrogens is 2. The number of imidazole rings is 1. The summed E-state index contributed by atoms with van der Waals surface area (Å²) >= 11 is 0. The first kappa shape index (κ1) is 14.6. The van der Waals surface area contributed by atoms with Crippen LogP contribution in [0.15, 0.2) is 48.5 Å². The summed E-state index contributed by atoms with van der Waals surface area (Å²) in [5.41, 5.74) is 3.02. The average molecular weight is 295 g/mol. The first-order valence-electron chi connectivity index (χ1n) is 7.56. The monoisotopic (exact) mass is 295 g/mol. The Balaban J connectivity index is 1.81. The minimum atomic E-state index is 0.704. The van der Waals surface area contributed by atoms with Crippen LogP contribution in [0.25, 0.3) is 22.4 Å². The Labute approximate surface area is 130 Å². The van der Waals surface area contributed by atoms with Crippen molar-refractivity contribution in [3.8, 4) is 17.1 Å². The summed E-state index contributed by atoms with van der Waals surface area (Å²) in [7, 11) is 4.14. The Hall–Kier alpha value is -2.33. The number of rotatable bonds is 6. The van der Waals surface area contributed by atoms with Gasteiger partial charge >= 0.3 is 0 Å². The summed E-state index contributed by atoms with van der Waals surface area (Å²) in [5.74, 6) is 1.73. The molecule has 1 N–H and O–H groups in total. The molecule has 0 aliphatic heterocycles. The third kappa shape index (κ3) is 3.28. The van der Waals surface area contributed by atoms with E-state index in [9.17, 15) is 0 Å². The zero-order valence-electron chi connectivity index (χ0n) is 13.0. The average Bonchev–Trinajstić information content (AvgIpc) is 2.95. The van der Waals surface area contributed by atoms with Crippen LogP contribution in [0.1, 0.15) is 6.42 Å². The van der Waals surface area contributed by atoms with E-state index in [1.807, 2.05) is 48.5 Å². The normalized spacial score (nSPS) is 11.2. The number of hydrogen-bond acceptors (Lipinski definition) is 3. The fraction of sp³-hybridized carbons (Fsp3) is 0.278. The fourth-order valence-corrected chi connectivity index (χ4v) is 2.43. The van der Waals surface area contributed by atoms with Crippen LogP contribution in [0.2, 0.25) is 0 Å². The van der Waals surface area contributed by atoms with Crippen molar-refractivity contribution in [2.75, 3.05) is 27.2 Å². The molecule has 4 heteroatoms.